The lowest BCUT2D eigenvalue weighted by Gasteiger charge is -2.25. The minimum Gasteiger partial charge on any atom is -0.477 e. The van der Waals surface area contributed by atoms with Crippen molar-refractivity contribution in [2.45, 2.75) is 0 Å². The number of aliphatic carboxylic acids is 2. The van der Waals surface area contributed by atoms with E-state index in [1.807, 2.05) is 17.6 Å². The summed E-state index contributed by atoms with van der Waals surface area (Å²) in [7, 11) is 2.11. The van der Waals surface area contributed by atoms with Crippen LogP contribution in [-0.2, 0) is 23.8 Å². The fourth-order valence-electron chi connectivity index (χ4n) is 3.18. The molecular weight excluding hydrogens is 502 g/mol. The van der Waals surface area contributed by atoms with Crippen LogP contribution in [0.3, 0.4) is 0 Å². The molecule has 0 saturated carbocycles. The van der Waals surface area contributed by atoms with Crippen LogP contribution >= 0.6 is 11.9 Å². The molecule has 0 fully saturated rings. The van der Waals surface area contributed by atoms with Crippen molar-refractivity contribution in [1.29, 1.82) is 0 Å². The van der Waals surface area contributed by atoms with Crippen LogP contribution in [0.1, 0.15) is 0 Å². The Hall–Kier alpha value is -2.65. The number of nitrogens with one attached hydrogen (secondary N) is 1. The highest BCUT2D eigenvalue weighted by molar-refractivity contribution is 8.00. The first-order valence-corrected chi connectivity index (χ1v) is 12.6. The van der Waals surface area contributed by atoms with E-state index in [4.69, 9.17) is 36.0 Å². The third-order valence-corrected chi connectivity index (χ3v) is 5.63. The smallest absolute Gasteiger partial charge is 0.356 e. The zero-order valence-electron chi connectivity index (χ0n) is 21.2. The van der Waals surface area contributed by atoms with Crippen LogP contribution in [-0.4, -0.2) is 105 Å². The van der Waals surface area contributed by atoms with E-state index in [-0.39, 0.29) is 19.8 Å². The zero-order chi connectivity index (χ0) is 27.5. The topological polar surface area (TPSA) is 173 Å². The summed E-state index contributed by atoms with van der Waals surface area (Å²) in [6.07, 6.45) is 10.4. The van der Waals surface area contributed by atoms with E-state index >= 15 is 0 Å². The number of nitrogens with two attached hydrogens (primary N) is 2. The maximum atomic E-state index is 11.1. The molecule has 1 unspecified atom stereocenters. The summed E-state index contributed by atoms with van der Waals surface area (Å²) in [4.78, 5) is 24.3. The summed E-state index contributed by atoms with van der Waals surface area (Å²) < 4.78 is 19.4. The quantitative estimate of drug-likeness (QED) is 0.0275. The van der Waals surface area contributed by atoms with E-state index in [2.05, 4.69) is 41.5 Å². The molecule has 1 aliphatic rings. The predicted octanol–water partition coefficient (Wildman–Crippen LogP) is 0.533. The average Bonchev–Trinajstić information content (AvgIpc) is 2.85. The van der Waals surface area contributed by atoms with Crippen LogP contribution < -0.4 is 16.3 Å². The minimum absolute atomic E-state index is 0.0558. The lowest BCUT2D eigenvalue weighted by Crippen LogP contribution is -2.39. The van der Waals surface area contributed by atoms with Gasteiger partial charge in [0.05, 0.1) is 46.2 Å². The van der Waals surface area contributed by atoms with Crippen LogP contribution in [0.2, 0.25) is 0 Å². The molecule has 0 aliphatic carbocycles. The molecule has 12 nitrogen and oxygen atoms in total. The molecule has 1 rings (SSSR count). The molecule has 1 heterocycles. The summed E-state index contributed by atoms with van der Waals surface area (Å²) in [6.45, 7) is 8.42. The molecule has 0 spiro atoms. The van der Waals surface area contributed by atoms with Gasteiger partial charge in [0.1, 0.15) is 0 Å². The highest BCUT2D eigenvalue weighted by Crippen LogP contribution is 2.20. The van der Waals surface area contributed by atoms with Crippen molar-refractivity contribution in [3.8, 4) is 0 Å². The maximum Gasteiger partial charge on any atom is 0.356 e. The molecule has 0 radical (unpaired) electrons. The molecule has 7 N–H and O–H groups in total. The van der Waals surface area contributed by atoms with E-state index < -0.39 is 23.3 Å². The molecule has 208 valence electrons. The van der Waals surface area contributed by atoms with Gasteiger partial charge >= 0.3 is 11.9 Å². The SMILES string of the molecule is C=C/C=C(\C=C\SNCCOCCOCCOCCN(N)/C(C(=O)O)=C(\N)C(=O)O)C1C=CCN(C)C1. The third-order valence-electron chi connectivity index (χ3n) is 4.99. The van der Waals surface area contributed by atoms with E-state index in [0.717, 1.165) is 18.1 Å². The number of nitrogens with zero attached hydrogens (tertiary/aromatic N) is 2. The Kier molecular flexibility index (Phi) is 17.0. The average molecular weight is 542 g/mol. The first-order valence-electron chi connectivity index (χ1n) is 11.7. The standard InChI is InChI=1S/C24H39N5O7S/c1-3-5-19(20-6-4-9-28(2)18-20)7-17-37-27-8-11-34-13-15-36-16-14-35-12-10-29(26)22(24(32)33)21(25)23(30)31/h3-7,17,20,27H,1,8-16,18,25-26H2,2H3,(H,30,31)(H,32,33)/b17-7+,19-5+,22-21-. The van der Waals surface area contributed by atoms with E-state index in [1.165, 1.54) is 17.5 Å². The van der Waals surface area contributed by atoms with Gasteiger partial charge in [0, 0.05) is 25.6 Å². The molecule has 0 aromatic carbocycles. The van der Waals surface area contributed by atoms with Gasteiger partial charge in [-0.3, -0.25) is 4.72 Å². The summed E-state index contributed by atoms with van der Waals surface area (Å²) in [5.74, 6) is 2.83. The normalized spacial score (nSPS) is 17.1. The van der Waals surface area contributed by atoms with Gasteiger partial charge in [-0.25, -0.2) is 15.4 Å². The fraction of sp³-hybridized carbons (Fsp3) is 0.500. The second-order valence-corrected chi connectivity index (χ2v) is 8.67. The molecule has 0 saturated heterocycles. The summed E-state index contributed by atoms with van der Waals surface area (Å²) >= 11 is 1.50. The molecule has 0 aromatic heterocycles. The number of hydrogen-bond donors (Lipinski definition) is 5. The second kappa shape index (κ2) is 19.5. The summed E-state index contributed by atoms with van der Waals surface area (Å²) in [5.41, 5.74) is 4.92. The zero-order valence-corrected chi connectivity index (χ0v) is 22.0. The van der Waals surface area contributed by atoms with E-state index in [9.17, 15) is 9.59 Å². The van der Waals surface area contributed by atoms with Crippen molar-refractivity contribution >= 4 is 23.9 Å². The number of carboxylic acids is 2. The summed E-state index contributed by atoms with van der Waals surface area (Å²) in [5, 5.41) is 20.6. The van der Waals surface area contributed by atoms with Crippen LogP contribution in [0, 0.1) is 5.92 Å². The molecule has 13 heteroatoms. The van der Waals surface area contributed by atoms with Gasteiger partial charge in [-0.05, 0) is 18.0 Å². The fourth-order valence-corrected chi connectivity index (χ4v) is 3.70. The van der Waals surface area contributed by atoms with Crippen LogP contribution in [0.15, 0.2) is 59.3 Å². The van der Waals surface area contributed by atoms with Gasteiger partial charge in [-0.1, -0.05) is 48.9 Å². The van der Waals surface area contributed by atoms with Crippen molar-refractivity contribution < 1.29 is 34.0 Å². The maximum absolute atomic E-state index is 11.1. The molecule has 0 amide bonds. The molecule has 0 aromatic rings. The lowest BCUT2D eigenvalue weighted by atomic mass is 9.95. The van der Waals surface area contributed by atoms with Gasteiger partial charge in [0.2, 0.25) is 0 Å². The minimum atomic E-state index is -1.57. The summed E-state index contributed by atoms with van der Waals surface area (Å²) in [6, 6.07) is 0. The Morgan fingerprint density at radius 1 is 1.16 bits per heavy atom. The Morgan fingerprint density at radius 3 is 2.41 bits per heavy atom. The largest absolute Gasteiger partial charge is 0.477 e. The molecule has 1 aliphatic heterocycles. The van der Waals surface area contributed by atoms with Crippen molar-refractivity contribution in [3.05, 3.63) is 59.3 Å². The molecular formula is C24H39N5O7S. The van der Waals surface area contributed by atoms with Crippen molar-refractivity contribution in [2.24, 2.45) is 17.5 Å². The second-order valence-electron chi connectivity index (χ2n) is 7.88. The van der Waals surface area contributed by atoms with Gasteiger partial charge in [0.25, 0.3) is 0 Å². The van der Waals surface area contributed by atoms with Crippen LogP contribution in [0.25, 0.3) is 0 Å². The number of hydrazine groups is 1. The Balaban J connectivity index is 2.05. The number of carbonyl (C=O) groups is 2. The number of likely N-dealkylation sites (N-methyl/N-ethyl adjacent to an activating group) is 1. The number of hydrogen-bond acceptors (Lipinski definition) is 11. The number of ether oxygens (including phenoxy) is 3. The lowest BCUT2D eigenvalue weighted by molar-refractivity contribution is -0.137. The molecule has 0 bridgehead atoms. The van der Waals surface area contributed by atoms with Gasteiger partial charge < -0.3 is 40.1 Å². The Morgan fingerprint density at radius 2 is 1.81 bits per heavy atom. The van der Waals surface area contributed by atoms with Crippen molar-refractivity contribution in [2.75, 3.05) is 72.9 Å². The molecule has 37 heavy (non-hydrogen) atoms. The van der Waals surface area contributed by atoms with Crippen molar-refractivity contribution in [1.82, 2.24) is 14.6 Å². The Labute approximate surface area is 222 Å². The number of allylic oxidation sites excluding steroid dienone is 3. The van der Waals surface area contributed by atoms with E-state index in [1.54, 1.807) is 0 Å². The number of carboxylic acid groups (broad SMARTS) is 2. The van der Waals surface area contributed by atoms with Gasteiger partial charge in [0.15, 0.2) is 11.4 Å². The van der Waals surface area contributed by atoms with Gasteiger partial charge in [-0.2, -0.15) is 0 Å². The third kappa shape index (κ3) is 14.0. The van der Waals surface area contributed by atoms with E-state index in [0.29, 0.717) is 38.9 Å². The number of rotatable bonds is 20. The monoisotopic (exact) mass is 541 g/mol. The van der Waals surface area contributed by atoms with Crippen LogP contribution in [0.4, 0.5) is 0 Å². The first-order chi connectivity index (χ1) is 17.8. The molecule has 1 atom stereocenters. The highest BCUT2D eigenvalue weighted by atomic mass is 32.2. The van der Waals surface area contributed by atoms with Crippen molar-refractivity contribution in [3.63, 3.8) is 0 Å². The first kappa shape index (κ1) is 32.4. The Bertz CT molecular complexity index is 847. The van der Waals surface area contributed by atoms with Crippen LogP contribution in [0.5, 0.6) is 0 Å². The highest BCUT2D eigenvalue weighted by Gasteiger charge is 2.22. The predicted molar refractivity (Wildman–Crippen MR) is 143 cm³/mol. The van der Waals surface area contributed by atoms with Gasteiger partial charge in [-0.15, -0.1) is 0 Å².